The lowest BCUT2D eigenvalue weighted by Crippen LogP contribution is -2.00. The Morgan fingerprint density at radius 2 is 2.04 bits per heavy atom. The number of benzene rings is 2. The van der Waals surface area contributed by atoms with E-state index < -0.39 is 5.97 Å². The van der Waals surface area contributed by atoms with E-state index in [-0.39, 0.29) is 6.61 Å². The fourth-order valence-corrected chi connectivity index (χ4v) is 2.74. The average Bonchev–Trinajstić information content (AvgIpc) is 2.64. The normalized spacial score (nSPS) is 10.4. The number of ether oxygens (including phenoxy) is 3. The number of hydrogen-bond donors (Lipinski definition) is 0. The van der Waals surface area contributed by atoms with Gasteiger partial charge in [-0.3, -0.25) is 0 Å². The van der Waals surface area contributed by atoms with E-state index in [1.54, 1.807) is 31.4 Å². The molecule has 2 aromatic carbocycles. The van der Waals surface area contributed by atoms with Crippen molar-refractivity contribution in [2.75, 3.05) is 13.7 Å². The summed E-state index contributed by atoms with van der Waals surface area (Å²) in [5, 5.41) is 0.671. The molecular formula is C20H16BrClO4. The van der Waals surface area contributed by atoms with Crippen LogP contribution in [0, 0.1) is 12.3 Å². The van der Waals surface area contributed by atoms with E-state index in [1.807, 2.05) is 18.2 Å². The zero-order valence-corrected chi connectivity index (χ0v) is 16.3. The largest absolute Gasteiger partial charge is 0.493 e. The summed E-state index contributed by atoms with van der Waals surface area (Å²) in [5.41, 5.74) is 1.72. The minimum atomic E-state index is -0.513. The van der Waals surface area contributed by atoms with Crippen LogP contribution in [-0.2, 0) is 16.1 Å². The number of esters is 1. The summed E-state index contributed by atoms with van der Waals surface area (Å²) in [4.78, 5) is 11.5. The lowest BCUT2D eigenvalue weighted by molar-refractivity contribution is -0.136. The topological polar surface area (TPSA) is 44.8 Å². The molecule has 6 heteroatoms. The lowest BCUT2D eigenvalue weighted by Gasteiger charge is -2.13. The monoisotopic (exact) mass is 434 g/mol. The molecule has 0 N–H and O–H groups in total. The molecule has 0 spiro atoms. The van der Waals surface area contributed by atoms with Crippen LogP contribution in [0.1, 0.15) is 11.1 Å². The van der Waals surface area contributed by atoms with Crippen molar-refractivity contribution in [2.45, 2.75) is 6.61 Å². The van der Waals surface area contributed by atoms with Crippen LogP contribution in [0.15, 0.2) is 46.9 Å². The first-order valence-corrected chi connectivity index (χ1v) is 8.73. The predicted molar refractivity (Wildman–Crippen MR) is 105 cm³/mol. The Balaban J connectivity index is 2.13. The Bertz CT molecular complexity index is 838. The molecule has 0 aliphatic heterocycles. The van der Waals surface area contributed by atoms with Crippen molar-refractivity contribution in [2.24, 2.45) is 0 Å². The number of methoxy groups -OCH3 is 1. The van der Waals surface area contributed by atoms with Crippen LogP contribution >= 0.6 is 27.5 Å². The van der Waals surface area contributed by atoms with Crippen LogP contribution < -0.4 is 9.47 Å². The van der Waals surface area contributed by atoms with Gasteiger partial charge < -0.3 is 14.2 Å². The molecule has 0 fully saturated rings. The zero-order chi connectivity index (χ0) is 18.9. The van der Waals surface area contributed by atoms with Crippen LogP contribution in [0.2, 0.25) is 5.02 Å². The maximum absolute atomic E-state index is 11.5. The second-order valence-electron chi connectivity index (χ2n) is 5.09. The maximum atomic E-state index is 11.5. The fourth-order valence-electron chi connectivity index (χ4n) is 2.04. The van der Waals surface area contributed by atoms with Gasteiger partial charge in [0.25, 0.3) is 0 Å². The molecule has 0 bridgehead atoms. The van der Waals surface area contributed by atoms with Gasteiger partial charge in [0.1, 0.15) is 6.61 Å². The summed E-state index contributed by atoms with van der Waals surface area (Å²) >= 11 is 9.35. The molecular weight excluding hydrogens is 420 g/mol. The number of carbonyl (C=O) groups is 1. The molecule has 0 saturated heterocycles. The van der Waals surface area contributed by atoms with Crippen LogP contribution in [0.5, 0.6) is 11.5 Å². The van der Waals surface area contributed by atoms with E-state index in [1.165, 1.54) is 6.08 Å². The van der Waals surface area contributed by atoms with Gasteiger partial charge in [-0.1, -0.05) is 29.7 Å². The molecule has 0 atom stereocenters. The van der Waals surface area contributed by atoms with E-state index in [9.17, 15) is 4.79 Å². The zero-order valence-electron chi connectivity index (χ0n) is 14.0. The molecule has 4 nitrogen and oxygen atoms in total. The van der Waals surface area contributed by atoms with E-state index >= 15 is 0 Å². The second-order valence-corrected chi connectivity index (χ2v) is 6.39. The number of rotatable bonds is 7. The van der Waals surface area contributed by atoms with Crippen molar-refractivity contribution < 1.29 is 19.0 Å². The smallest absolute Gasteiger partial charge is 0.331 e. The van der Waals surface area contributed by atoms with Crippen LogP contribution in [0.3, 0.4) is 0 Å². The van der Waals surface area contributed by atoms with E-state index in [2.05, 4.69) is 21.9 Å². The Hall–Kier alpha value is -2.42. The molecule has 134 valence electrons. The summed E-state index contributed by atoms with van der Waals surface area (Å²) in [5.74, 6) is 2.82. The standard InChI is InChI=1S/C20H16BrClO4/c1-3-10-25-19(23)9-6-15-11-17(21)20(18(12-15)24-2)26-13-14-4-7-16(22)8-5-14/h1,4-9,11-12H,10,13H2,2H3/b9-6+. The Labute approximate surface area is 165 Å². The Morgan fingerprint density at radius 1 is 1.31 bits per heavy atom. The highest BCUT2D eigenvalue weighted by Crippen LogP contribution is 2.37. The van der Waals surface area contributed by atoms with Gasteiger partial charge in [-0.15, -0.1) is 6.42 Å². The first-order valence-electron chi connectivity index (χ1n) is 7.56. The number of carbonyl (C=O) groups excluding carboxylic acids is 1. The highest BCUT2D eigenvalue weighted by Gasteiger charge is 2.11. The third-order valence-electron chi connectivity index (χ3n) is 3.26. The molecule has 0 radical (unpaired) electrons. The molecule has 0 saturated carbocycles. The molecule has 0 aromatic heterocycles. The third kappa shape index (κ3) is 5.83. The molecule has 2 rings (SSSR count). The molecule has 2 aromatic rings. The van der Waals surface area contributed by atoms with Crippen molar-refractivity contribution in [1.29, 1.82) is 0 Å². The van der Waals surface area contributed by atoms with Crippen molar-refractivity contribution in [3.8, 4) is 23.8 Å². The summed E-state index contributed by atoms with van der Waals surface area (Å²) in [6.07, 6.45) is 7.95. The first-order chi connectivity index (χ1) is 12.5. The van der Waals surface area contributed by atoms with Gasteiger partial charge in [-0.05, 0) is 57.4 Å². The number of halogens is 2. The van der Waals surface area contributed by atoms with Crippen LogP contribution in [0.4, 0.5) is 0 Å². The summed E-state index contributed by atoms with van der Waals surface area (Å²) in [6.45, 7) is 0.299. The maximum Gasteiger partial charge on any atom is 0.331 e. The van der Waals surface area contributed by atoms with Crippen molar-refractivity contribution in [3.05, 3.63) is 63.1 Å². The average molecular weight is 436 g/mol. The van der Waals surface area contributed by atoms with Gasteiger partial charge in [-0.2, -0.15) is 0 Å². The van der Waals surface area contributed by atoms with Crippen molar-refractivity contribution in [3.63, 3.8) is 0 Å². The Morgan fingerprint density at radius 3 is 2.69 bits per heavy atom. The van der Waals surface area contributed by atoms with Crippen molar-refractivity contribution in [1.82, 2.24) is 0 Å². The molecule has 0 aliphatic carbocycles. The van der Waals surface area contributed by atoms with E-state index in [0.717, 1.165) is 11.1 Å². The number of terminal acetylenes is 1. The minimum absolute atomic E-state index is 0.0618. The van der Waals surface area contributed by atoms with Crippen molar-refractivity contribution >= 4 is 39.6 Å². The van der Waals surface area contributed by atoms with Gasteiger partial charge in [-0.25, -0.2) is 4.79 Å². The highest BCUT2D eigenvalue weighted by molar-refractivity contribution is 9.10. The minimum Gasteiger partial charge on any atom is -0.493 e. The molecule has 0 aliphatic rings. The molecule has 0 amide bonds. The van der Waals surface area contributed by atoms with Gasteiger partial charge in [0, 0.05) is 11.1 Å². The van der Waals surface area contributed by atoms with Crippen LogP contribution in [-0.4, -0.2) is 19.7 Å². The molecule has 26 heavy (non-hydrogen) atoms. The van der Waals surface area contributed by atoms with E-state index in [0.29, 0.717) is 27.6 Å². The summed E-state index contributed by atoms with van der Waals surface area (Å²) < 4.78 is 16.7. The van der Waals surface area contributed by atoms with Gasteiger partial charge >= 0.3 is 5.97 Å². The summed E-state index contributed by atoms with van der Waals surface area (Å²) in [6, 6.07) is 11.0. The fraction of sp³-hybridized carbons (Fsp3) is 0.150. The van der Waals surface area contributed by atoms with Gasteiger partial charge in [0.05, 0.1) is 11.6 Å². The SMILES string of the molecule is C#CCOC(=O)/C=C/c1cc(Br)c(OCc2ccc(Cl)cc2)c(OC)c1. The quantitative estimate of drug-likeness (QED) is 0.353. The highest BCUT2D eigenvalue weighted by atomic mass is 79.9. The Kier molecular flexibility index (Phi) is 7.58. The lowest BCUT2D eigenvalue weighted by atomic mass is 10.2. The first kappa shape index (κ1) is 19.9. The third-order valence-corrected chi connectivity index (χ3v) is 4.10. The molecule has 0 heterocycles. The molecule has 0 unspecified atom stereocenters. The van der Waals surface area contributed by atoms with E-state index in [4.69, 9.17) is 32.2 Å². The van der Waals surface area contributed by atoms with Crippen LogP contribution in [0.25, 0.3) is 6.08 Å². The van der Waals surface area contributed by atoms with Gasteiger partial charge in [0.15, 0.2) is 18.1 Å². The number of hydrogen-bond acceptors (Lipinski definition) is 4. The van der Waals surface area contributed by atoms with Gasteiger partial charge in [0.2, 0.25) is 0 Å². The predicted octanol–water partition coefficient (Wildman–Crippen LogP) is 4.88. The summed E-state index contributed by atoms with van der Waals surface area (Å²) in [7, 11) is 1.55. The second kappa shape index (κ2) is 9.91.